The van der Waals surface area contributed by atoms with Crippen LogP contribution in [0.2, 0.25) is 0 Å². The first-order chi connectivity index (χ1) is 16.6. The van der Waals surface area contributed by atoms with Gasteiger partial charge in [-0.05, 0) is 39.0 Å². The topological polar surface area (TPSA) is 41.1 Å². The Morgan fingerprint density at radius 3 is 1.88 bits per heavy atom. The molecule has 0 radical (unpaired) electrons. The molecule has 34 heavy (non-hydrogen) atoms. The lowest BCUT2D eigenvalue weighted by Gasteiger charge is -2.37. The summed E-state index contributed by atoms with van der Waals surface area (Å²) in [4.78, 5) is 11.2. The number of amides is 1. The minimum Gasteiger partial charge on any atom is -0.351 e. The van der Waals surface area contributed by atoms with Crippen LogP contribution in [-0.4, -0.2) is 36.2 Å². The first-order valence-corrected chi connectivity index (χ1v) is 14.8. The van der Waals surface area contributed by atoms with Crippen molar-refractivity contribution in [2.45, 2.75) is 143 Å². The van der Waals surface area contributed by atoms with Crippen LogP contribution in [0.3, 0.4) is 0 Å². The van der Waals surface area contributed by atoms with Crippen LogP contribution in [0.5, 0.6) is 0 Å². The third-order valence-corrected chi connectivity index (χ3v) is 7.51. The van der Waals surface area contributed by atoms with Crippen LogP contribution in [0.15, 0.2) is 24.6 Å². The number of allylic oxidation sites excluding steroid dienone is 2. The molecule has 1 aliphatic heterocycles. The molecule has 2 atom stereocenters. The van der Waals surface area contributed by atoms with E-state index in [4.69, 9.17) is 0 Å². The van der Waals surface area contributed by atoms with Crippen LogP contribution in [-0.2, 0) is 4.79 Å². The SMILES string of the molecule is CCCCCCCC/C=C/CCCCCCCCCCCC1NC=C[N+]1(CC)CCNC(C)=O. The van der Waals surface area contributed by atoms with E-state index in [0.29, 0.717) is 6.17 Å². The van der Waals surface area contributed by atoms with Gasteiger partial charge in [-0.3, -0.25) is 9.28 Å². The zero-order valence-corrected chi connectivity index (χ0v) is 23.1. The maximum atomic E-state index is 11.2. The van der Waals surface area contributed by atoms with Crippen molar-refractivity contribution in [3.05, 3.63) is 24.6 Å². The molecule has 0 fully saturated rings. The van der Waals surface area contributed by atoms with Crippen molar-refractivity contribution in [1.29, 1.82) is 0 Å². The number of likely N-dealkylation sites (N-methyl/N-ethyl adjacent to an activating group) is 1. The predicted molar refractivity (Wildman–Crippen MR) is 148 cm³/mol. The summed E-state index contributed by atoms with van der Waals surface area (Å²) in [6.07, 6.45) is 34.3. The van der Waals surface area contributed by atoms with Crippen LogP contribution in [0, 0.1) is 0 Å². The lowest BCUT2D eigenvalue weighted by atomic mass is 10.0. The summed E-state index contributed by atoms with van der Waals surface area (Å²) in [7, 11) is 0. The molecule has 0 aliphatic carbocycles. The molecule has 0 aromatic carbocycles. The fourth-order valence-corrected chi connectivity index (χ4v) is 5.17. The van der Waals surface area contributed by atoms with Crippen molar-refractivity contribution >= 4 is 5.91 Å². The Labute approximate surface area is 212 Å². The van der Waals surface area contributed by atoms with E-state index in [2.05, 4.69) is 49.0 Å². The van der Waals surface area contributed by atoms with Gasteiger partial charge in [0.15, 0.2) is 6.17 Å². The zero-order valence-electron chi connectivity index (χ0n) is 23.1. The first-order valence-electron chi connectivity index (χ1n) is 14.8. The maximum Gasteiger partial charge on any atom is 0.217 e. The highest BCUT2D eigenvalue weighted by Crippen LogP contribution is 2.23. The molecular weight excluding hydrogens is 418 g/mol. The van der Waals surface area contributed by atoms with E-state index < -0.39 is 0 Å². The molecule has 1 rings (SSSR count). The van der Waals surface area contributed by atoms with Gasteiger partial charge in [0.2, 0.25) is 5.91 Å². The average molecular weight is 477 g/mol. The molecular formula is C30H58N3O+. The minimum absolute atomic E-state index is 0.0672. The summed E-state index contributed by atoms with van der Waals surface area (Å²) in [5.41, 5.74) is 0. The normalized spacial score (nSPS) is 19.7. The van der Waals surface area contributed by atoms with Gasteiger partial charge in [0.1, 0.15) is 12.7 Å². The van der Waals surface area contributed by atoms with E-state index in [9.17, 15) is 4.79 Å². The standard InChI is InChI=1S/C30H57N3O/c1-4-6-7-8-9-10-11-12-13-14-15-16-17-18-19-20-21-22-23-24-30-32-26-28-33(30,5-2)27-25-31-29(3)34/h12-13,26,28,30,32H,4-11,14-25,27H2,1-3H3/p+1/b13-12+. The van der Waals surface area contributed by atoms with Gasteiger partial charge in [0, 0.05) is 13.3 Å². The summed E-state index contributed by atoms with van der Waals surface area (Å²) in [6, 6.07) is 0. The second-order valence-corrected chi connectivity index (χ2v) is 10.4. The average Bonchev–Trinajstić information content (AvgIpc) is 3.23. The van der Waals surface area contributed by atoms with Gasteiger partial charge >= 0.3 is 0 Å². The molecule has 4 nitrogen and oxygen atoms in total. The number of hydrogen-bond donors (Lipinski definition) is 2. The van der Waals surface area contributed by atoms with Crippen LogP contribution in [0.1, 0.15) is 136 Å². The van der Waals surface area contributed by atoms with Crippen LogP contribution in [0.4, 0.5) is 0 Å². The van der Waals surface area contributed by atoms with E-state index in [1.807, 2.05) is 0 Å². The molecule has 1 heterocycles. The van der Waals surface area contributed by atoms with E-state index >= 15 is 0 Å². The molecule has 0 saturated carbocycles. The zero-order chi connectivity index (χ0) is 24.7. The molecule has 4 heteroatoms. The van der Waals surface area contributed by atoms with Crippen molar-refractivity contribution < 1.29 is 9.28 Å². The van der Waals surface area contributed by atoms with Crippen LogP contribution >= 0.6 is 0 Å². The molecule has 0 aromatic heterocycles. The second kappa shape index (κ2) is 21.0. The van der Waals surface area contributed by atoms with Crippen LogP contribution < -0.4 is 10.6 Å². The van der Waals surface area contributed by atoms with Gasteiger partial charge in [0.25, 0.3) is 0 Å². The molecule has 198 valence electrons. The number of nitrogens with one attached hydrogen (secondary N) is 2. The summed E-state index contributed by atoms with van der Waals surface area (Å²) in [6.45, 7) is 8.93. The number of quaternary nitrogens is 1. The largest absolute Gasteiger partial charge is 0.351 e. The Hall–Kier alpha value is -1.29. The monoisotopic (exact) mass is 476 g/mol. The quantitative estimate of drug-likeness (QED) is 0.0892. The van der Waals surface area contributed by atoms with E-state index in [0.717, 1.165) is 24.1 Å². The van der Waals surface area contributed by atoms with E-state index in [-0.39, 0.29) is 5.91 Å². The van der Waals surface area contributed by atoms with Gasteiger partial charge in [0.05, 0.1) is 19.3 Å². The highest BCUT2D eigenvalue weighted by Gasteiger charge is 2.36. The number of carbonyl (C=O) groups excluding carboxylic acids is 1. The summed E-state index contributed by atoms with van der Waals surface area (Å²) in [5.74, 6) is 0.0672. The van der Waals surface area contributed by atoms with Gasteiger partial charge in [-0.25, -0.2) is 0 Å². The highest BCUT2D eigenvalue weighted by atomic mass is 16.1. The first kappa shape index (κ1) is 30.7. The molecule has 2 unspecified atom stereocenters. The summed E-state index contributed by atoms with van der Waals surface area (Å²) in [5, 5.41) is 6.53. The molecule has 0 bridgehead atoms. The van der Waals surface area contributed by atoms with E-state index in [1.165, 1.54) is 116 Å². The number of unbranched alkanes of at least 4 members (excludes halogenated alkanes) is 15. The third-order valence-electron chi connectivity index (χ3n) is 7.51. The molecule has 1 aliphatic rings. The third kappa shape index (κ3) is 14.9. The second-order valence-electron chi connectivity index (χ2n) is 10.4. The van der Waals surface area contributed by atoms with Gasteiger partial charge in [-0.2, -0.15) is 0 Å². The lowest BCUT2D eigenvalue weighted by Crippen LogP contribution is -2.55. The Kier molecular flexibility index (Phi) is 19.0. The van der Waals surface area contributed by atoms with Gasteiger partial charge in [-0.15, -0.1) is 0 Å². The fraction of sp³-hybridized carbons (Fsp3) is 0.833. The Balaban J connectivity index is 1.91. The Bertz CT molecular complexity index is 545. The van der Waals surface area contributed by atoms with E-state index in [1.54, 1.807) is 6.92 Å². The Morgan fingerprint density at radius 1 is 0.824 bits per heavy atom. The number of carbonyl (C=O) groups is 1. The highest BCUT2D eigenvalue weighted by molar-refractivity contribution is 5.72. The summed E-state index contributed by atoms with van der Waals surface area (Å²) < 4.78 is 0.953. The predicted octanol–water partition coefficient (Wildman–Crippen LogP) is 7.96. The smallest absolute Gasteiger partial charge is 0.217 e. The minimum atomic E-state index is 0.0672. The molecule has 0 spiro atoms. The van der Waals surface area contributed by atoms with Gasteiger partial charge < -0.3 is 10.6 Å². The van der Waals surface area contributed by atoms with Crippen molar-refractivity contribution in [1.82, 2.24) is 10.6 Å². The van der Waals surface area contributed by atoms with Crippen LogP contribution in [0.25, 0.3) is 0 Å². The number of nitrogens with zero attached hydrogens (tertiary/aromatic N) is 1. The number of rotatable bonds is 23. The Morgan fingerprint density at radius 2 is 1.35 bits per heavy atom. The number of hydrogen-bond acceptors (Lipinski definition) is 2. The fourth-order valence-electron chi connectivity index (χ4n) is 5.17. The molecule has 1 amide bonds. The molecule has 2 N–H and O–H groups in total. The van der Waals surface area contributed by atoms with Gasteiger partial charge in [-0.1, -0.05) is 96.1 Å². The van der Waals surface area contributed by atoms with Crippen molar-refractivity contribution in [3.63, 3.8) is 0 Å². The maximum absolute atomic E-state index is 11.2. The molecule has 0 saturated heterocycles. The van der Waals surface area contributed by atoms with Crippen molar-refractivity contribution in [2.24, 2.45) is 0 Å². The molecule has 0 aromatic rings. The van der Waals surface area contributed by atoms with Crippen molar-refractivity contribution in [2.75, 3.05) is 19.6 Å². The van der Waals surface area contributed by atoms with Crippen molar-refractivity contribution in [3.8, 4) is 0 Å². The summed E-state index contributed by atoms with van der Waals surface area (Å²) >= 11 is 0. The lowest BCUT2D eigenvalue weighted by molar-refractivity contribution is -0.898.